The van der Waals surface area contributed by atoms with Crippen LogP contribution in [0.1, 0.15) is 18.4 Å². The Morgan fingerprint density at radius 1 is 1.35 bits per heavy atom. The molecule has 4 nitrogen and oxygen atoms in total. The number of hydrogen-bond acceptors (Lipinski definition) is 3. The molecule has 7 heteroatoms. The number of sulfonamides is 1. The fraction of sp³-hybridized carbons (Fsp3) is 0.538. The van der Waals surface area contributed by atoms with Crippen LogP contribution >= 0.6 is 11.6 Å². The van der Waals surface area contributed by atoms with Crippen LogP contribution in [0, 0.1) is 11.7 Å². The molecule has 1 aliphatic heterocycles. The number of halogens is 2. The van der Waals surface area contributed by atoms with Crippen molar-refractivity contribution >= 4 is 21.6 Å². The van der Waals surface area contributed by atoms with Gasteiger partial charge in [0.05, 0.1) is 5.75 Å². The van der Waals surface area contributed by atoms with Crippen LogP contribution in [-0.2, 0) is 15.8 Å². The molecular formula is C13H17ClFNO3S. The molecule has 0 radical (unpaired) electrons. The molecule has 1 heterocycles. The molecule has 0 bridgehead atoms. The summed E-state index contributed by atoms with van der Waals surface area (Å²) in [7, 11) is -3.55. The van der Waals surface area contributed by atoms with E-state index in [4.69, 9.17) is 16.7 Å². The highest BCUT2D eigenvalue weighted by atomic mass is 35.5. The van der Waals surface area contributed by atoms with Gasteiger partial charge >= 0.3 is 0 Å². The lowest BCUT2D eigenvalue weighted by Gasteiger charge is -2.30. The first-order chi connectivity index (χ1) is 9.42. The smallest absolute Gasteiger partial charge is 0.218 e. The van der Waals surface area contributed by atoms with Gasteiger partial charge in [0.2, 0.25) is 10.0 Å². The molecule has 112 valence electrons. The van der Waals surface area contributed by atoms with E-state index in [1.54, 1.807) is 0 Å². The minimum atomic E-state index is -3.55. The lowest BCUT2D eigenvalue weighted by molar-refractivity contribution is 0.170. The first-order valence-electron chi connectivity index (χ1n) is 6.45. The van der Waals surface area contributed by atoms with Gasteiger partial charge in [-0.15, -0.1) is 0 Å². The molecular weight excluding hydrogens is 305 g/mol. The first kappa shape index (κ1) is 15.7. The fourth-order valence-corrected chi connectivity index (χ4v) is 4.07. The fourth-order valence-electron chi connectivity index (χ4n) is 2.31. The zero-order chi connectivity index (χ0) is 14.8. The molecule has 1 fully saturated rings. The van der Waals surface area contributed by atoms with Gasteiger partial charge in [-0.1, -0.05) is 11.6 Å². The van der Waals surface area contributed by atoms with Crippen molar-refractivity contribution in [3.05, 3.63) is 34.6 Å². The number of rotatable bonds is 4. The molecule has 1 aliphatic rings. The van der Waals surface area contributed by atoms with E-state index in [2.05, 4.69) is 0 Å². The summed E-state index contributed by atoms with van der Waals surface area (Å²) in [4.78, 5) is 0. The Morgan fingerprint density at radius 2 is 2.00 bits per heavy atom. The van der Waals surface area contributed by atoms with E-state index in [-0.39, 0.29) is 23.8 Å². The lowest BCUT2D eigenvalue weighted by Crippen LogP contribution is -2.39. The van der Waals surface area contributed by atoms with E-state index in [1.165, 1.54) is 22.5 Å². The van der Waals surface area contributed by atoms with E-state index in [9.17, 15) is 12.8 Å². The van der Waals surface area contributed by atoms with Crippen molar-refractivity contribution in [3.8, 4) is 0 Å². The lowest BCUT2D eigenvalue weighted by atomic mass is 10.00. The Morgan fingerprint density at radius 3 is 2.60 bits per heavy atom. The molecule has 0 saturated carbocycles. The normalized spacial score (nSPS) is 18.4. The summed E-state index contributed by atoms with van der Waals surface area (Å²) in [6.07, 6.45) is 1.27. The van der Waals surface area contributed by atoms with Crippen LogP contribution in [0.25, 0.3) is 0 Å². The molecule has 1 aromatic carbocycles. The van der Waals surface area contributed by atoms with Crippen molar-refractivity contribution in [2.75, 3.05) is 19.7 Å². The number of aliphatic hydroxyl groups excluding tert-OH is 1. The van der Waals surface area contributed by atoms with Gasteiger partial charge in [-0.05, 0) is 37.0 Å². The molecule has 2 rings (SSSR count). The van der Waals surface area contributed by atoms with Crippen LogP contribution in [0.4, 0.5) is 4.39 Å². The number of nitrogens with zero attached hydrogens (tertiary/aromatic N) is 1. The van der Waals surface area contributed by atoms with Crippen LogP contribution < -0.4 is 0 Å². The number of piperidine rings is 1. The zero-order valence-electron chi connectivity index (χ0n) is 10.9. The van der Waals surface area contributed by atoms with Crippen LogP contribution in [0.5, 0.6) is 0 Å². The van der Waals surface area contributed by atoms with Crippen molar-refractivity contribution in [1.29, 1.82) is 0 Å². The predicted molar refractivity (Wildman–Crippen MR) is 75.4 cm³/mol. The SMILES string of the molecule is O=S(=O)(Cc1cc(Cl)ccc1F)N1CCC(CO)CC1. The van der Waals surface area contributed by atoms with Crippen LogP contribution in [0.15, 0.2) is 18.2 Å². The Kier molecular flexibility index (Phi) is 5.01. The largest absolute Gasteiger partial charge is 0.396 e. The maximum atomic E-state index is 13.6. The summed E-state index contributed by atoms with van der Waals surface area (Å²) in [5.41, 5.74) is 0.0850. The molecule has 20 heavy (non-hydrogen) atoms. The molecule has 0 amide bonds. The number of hydrogen-bond donors (Lipinski definition) is 1. The summed E-state index contributed by atoms with van der Waals surface area (Å²) in [5, 5.41) is 9.37. The Balaban J connectivity index is 2.10. The van der Waals surface area contributed by atoms with E-state index < -0.39 is 15.8 Å². The van der Waals surface area contributed by atoms with Crippen molar-refractivity contribution < 1.29 is 17.9 Å². The quantitative estimate of drug-likeness (QED) is 0.923. The van der Waals surface area contributed by atoms with E-state index in [0.29, 0.717) is 31.0 Å². The van der Waals surface area contributed by atoms with Gasteiger partial charge in [0, 0.05) is 30.3 Å². The zero-order valence-corrected chi connectivity index (χ0v) is 12.5. The van der Waals surface area contributed by atoms with Crippen LogP contribution in [0.3, 0.4) is 0 Å². The Hall–Kier alpha value is -0.690. The average Bonchev–Trinajstić information content (AvgIpc) is 2.43. The minimum absolute atomic E-state index is 0.0802. The van der Waals surface area contributed by atoms with E-state index in [0.717, 1.165) is 0 Å². The maximum absolute atomic E-state index is 13.6. The molecule has 0 aromatic heterocycles. The molecule has 1 N–H and O–H groups in total. The van der Waals surface area contributed by atoms with Gasteiger partial charge in [-0.2, -0.15) is 0 Å². The highest BCUT2D eigenvalue weighted by molar-refractivity contribution is 7.88. The highest BCUT2D eigenvalue weighted by Gasteiger charge is 2.28. The third-order valence-electron chi connectivity index (χ3n) is 3.57. The average molecular weight is 322 g/mol. The molecule has 1 aromatic rings. The van der Waals surface area contributed by atoms with Crippen LogP contribution in [-0.4, -0.2) is 37.5 Å². The summed E-state index contributed by atoms with van der Waals surface area (Å²) >= 11 is 5.77. The molecule has 0 aliphatic carbocycles. The summed E-state index contributed by atoms with van der Waals surface area (Å²) in [6, 6.07) is 3.90. The molecule has 0 unspecified atom stereocenters. The third kappa shape index (κ3) is 3.69. The summed E-state index contributed by atoms with van der Waals surface area (Å²) < 4.78 is 39.5. The van der Waals surface area contributed by atoms with Crippen molar-refractivity contribution in [3.63, 3.8) is 0 Å². The van der Waals surface area contributed by atoms with Gasteiger partial charge < -0.3 is 5.11 Å². The second-order valence-corrected chi connectivity index (χ2v) is 7.42. The predicted octanol–water partition coefficient (Wildman–Crippen LogP) is 2.01. The van der Waals surface area contributed by atoms with Gasteiger partial charge in [0.1, 0.15) is 5.82 Å². The van der Waals surface area contributed by atoms with Crippen molar-refractivity contribution in [1.82, 2.24) is 4.31 Å². The van der Waals surface area contributed by atoms with Crippen molar-refractivity contribution in [2.45, 2.75) is 18.6 Å². The van der Waals surface area contributed by atoms with E-state index in [1.807, 2.05) is 0 Å². The van der Waals surface area contributed by atoms with Gasteiger partial charge in [-0.3, -0.25) is 0 Å². The third-order valence-corrected chi connectivity index (χ3v) is 5.63. The second kappa shape index (κ2) is 6.39. The summed E-state index contributed by atoms with van der Waals surface area (Å²) in [5.74, 6) is -0.795. The molecule has 0 spiro atoms. The minimum Gasteiger partial charge on any atom is -0.396 e. The van der Waals surface area contributed by atoms with Gasteiger partial charge in [0.25, 0.3) is 0 Å². The maximum Gasteiger partial charge on any atom is 0.218 e. The highest BCUT2D eigenvalue weighted by Crippen LogP contribution is 2.23. The Bertz CT molecular complexity index is 571. The molecule has 0 atom stereocenters. The monoisotopic (exact) mass is 321 g/mol. The topological polar surface area (TPSA) is 57.6 Å². The summed E-state index contributed by atoms with van der Waals surface area (Å²) in [6.45, 7) is 0.822. The second-order valence-electron chi connectivity index (χ2n) is 5.02. The number of aliphatic hydroxyl groups is 1. The van der Waals surface area contributed by atoms with Crippen LogP contribution in [0.2, 0.25) is 5.02 Å². The number of benzene rings is 1. The standard InChI is InChI=1S/C13H17ClFNO3S/c14-12-1-2-13(15)11(7-12)9-20(18,19)16-5-3-10(8-17)4-6-16/h1-2,7,10,17H,3-6,8-9H2. The van der Waals surface area contributed by atoms with E-state index >= 15 is 0 Å². The van der Waals surface area contributed by atoms with Crippen molar-refractivity contribution in [2.24, 2.45) is 5.92 Å². The molecule has 1 saturated heterocycles. The van der Waals surface area contributed by atoms with Gasteiger partial charge in [-0.25, -0.2) is 17.1 Å². The Labute approximate surface area is 123 Å². The first-order valence-corrected chi connectivity index (χ1v) is 8.43. The van der Waals surface area contributed by atoms with Gasteiger partial charge in [0.15, 0.2) is 0 Å².